The third-order valence-corrected chi connectivity index (χ3v) is 5.86. The van der Waals surface area contributed by atoms with E-state index in [9.17, 15) is 19.8 Å². The minimum Gasteiger partial charge on any atom is -0.507 e. The van der Waals surface area contributed by atoms with E-state index in [1.807, 2.05) is 51.2 Å². The molecule has 0 aliphatic rings. The molecule has 1 atom stereocenters. The zero-order valence-corrected chi connectivity index (χ0v) is 21.4. The molecule has 30 heavy (non-hydrogen) atoms. The number of phenols is 2. The van der Waals surface area contributed by atoms with Gasteiger partial charge in [0.2, 0.25) is 5.91 Å². The summed E-state index contributed by atoms with van der Waals surface area (Å²) in [6, 6.07) is 9.43. The van der Waals surface area contributed by atoms with Gasteiger partial charge in [-0.05, 0) is 108 Å². The molecule has 3 N–H and O–H groups in total. The van der Waals surface area contributed by atoms with E-state index >= 15 is 0 Å². The molecule has 2 aromatic rings. The number of nitrogens with one attached hydrogen (secondary N) is 1. The van der Waals surface area contributed by atoms with Crippen LogP contribution in [-0.4, -0.2) is 33.7 Å². The maximum atomic E-state index is 12.7. The van der Waals surface area contributed by atoms with Gasteiger partial charge in [-0.1, -0.05) is 12.1 Å². The molecule has 2 rings (SSSR count). The lowest BCUT2D eigenvalue weighted by molar-refractivity contribution is -0.158. The smallest absolute Gasteiger partial charge is 0.329 e. The lowest BCUT2D eigenvalue weighted by Crippen LogP contribution is -2.45. The fourth-order valence-corrected chi connectivity index (χ4v) is 3.87. The number of amides is 1. The maximum Gasteiger partial charge on any atom is 0.329 e. The Labute approximate surface area is 203 Å². The quantitative estimate of drug-likeness (QED) is 0.311. The Morgan fingerprint density at radius 1 is 1.00 bits per heavy atom. The highest BCUT2D eigenvalue weighted by molar-refractivity contribution is 14.1. The topological polar surface area (TPSA) is 95.9 Å². The molecule has 2 aromatic carbocycles. The van der Waals surface area contributed by atoms with Gasteiger partial charge >= 0.3 is 5.97 Å². The fourth-order valence-electron chi connectivity index (χ4n) is 2.71. The Balaban J connectivity index is 2.08. The lowest BCUT2D eigenvalue weighted by atomic mass is 10.0. The number of halogens is 2. The Hall–Kier alpha value is -1.56. The maximum absolute atomic E-state index is 12.7. The van der Waals surface area contributed by atoms with Crippen LogP contribution in [0.2, 0.25) is 0 Å². The van der Waals surface area contributed by atoms with Gasteiger partial charge in [0.05, 0.1) is 7.14 Å². The van der Waals surface area contributed by atoms with Crippen LogP contribution in [-0.2, 0) is 27.2 Å². The Kier molecular flexibility index (Phi) is 8.77. The minimum absolute atomic E-state index is 0.167. The summed E-state index contributed by atoms with van der Waals surface area (Å²) >= 11 is 4.05. The molecule has 0 bridgehead atoms. The van der Waals surface area contributed by atoms with E-state index in [1.54, 1.807) is 51.1 Å². The van der Waals surface area contributed by atoms with Crippen LogP contribution in [0, 0.1) is 7.14 Å². The van der Waals surface area contributed by atoms with Crippen molar-refractivity contribution >= 4 is 57.1 Å². The third-order valence-electron chi connectivity index (χ3n) is 4.13. The first-order valence-corrected chi connectivity index (χ1v) is 11.6. The van der Waals surface area contributed by atoms with Crippen molar-refractivity contribution in [2.24, 2.45) is 0 Å². The number of rotatable bonds is 7. The van der Waals surface area contributed by atoms with E-state index in [0.29, 0.717) is 9.99 Å². The number of esters is 1. The zero-order chi connectivity index (χ0) is 22.5. The van der Waals surface area contributed by atoms with Crippen LogP contribution < -0.4 is 5.32 Å². The van der Waals surface area contributed by atoms with Crippen molar-refractivity contribution in [3.63, 3.8) is 0 Å². The summed E-state index contributed by atoms with van der Waals surface area (Å²) in [5, 5.41) is 22.1. The van der Waals surface area contributed by atoms with Gasteiger partial charge in [-0.3, -0.25) is 4.79 Å². The number of carbonyl (C=O) groups excluding carboxylic acids is 2. The summed E-state index contributed by atoms with van der Waals surface area (Å²) in [5.41, 5.74) is 1.06. The number of ether oxygens (including phenoxy) is 1. The van der Waals surface area contributed by atoms with Crippen LogP contribution in [0.25, 0.3) is 0 Å². The molecule has 0 saturated carbocycles. The molecule has 1 unspecified atom stereocenters. The summed E-state index contributed by atoms with van der Waals surface area (Å²) < 4.78 is 6.87. The SMILES string of the molecule is CC(C)(C)OC(=O)C(Cc1ccc(O)c(I)c1)NC(=O)CCc1ccc(O)c(I)c1. The van der Waals surface area contributed by atoms with E-state index in [2.05, 4.69) is 5.32 Å². The fraction of sp³-hybridized carbons (Fsp3) is 0.364. The predicted molar refractivity (Wildman–Crippen MR) is 131 cm³/mol. The first kappa shape index (κ1) is 24.7. The molecule has 1 amide bonds. The minimum atomic E-state index is -0.836. The summed E-state index contributed by atoms with van der Waals surface area (Å²) in [5.74, 6) is -0.390. The lowest BCUT2D eigenvalue weighted by Gasteiger charge is -2.25. The number of hydrogen-bond acceptors (Lipinski definition) is 5. The Morgan fingerprint density at radius 3 is 2.07 bits per heavy atom. The highest BCUT2D eigenvalue weighted by Crippen LogP contribution is 2.22. The van der Waals surface area contributed by atoms with Gasteiger partial charge in [-0.25, -0.2) is 4.79 Å². The van der Waals surface area contributed by atoms with Gasteiger partial charge in [-0.15, -0.1) is 0 Å². The normalized spacial score (nSPS) is 12.3. The van der Waals surface area contributed by atoms with Crippen LogP contribution in [0.15, 0.2) is 36.4 Å². The second kappa shape index (κ2) is 10.7. The predicted octanol–water partition coefficient (Wildman–Crippen LogP) is 4.31. The molecule has 0 radical (unpaired) electrons. The van der Waals surface area contributed by atoms with E-state index in [-0.39, 0.29) is 30.2 Å². The molecular formula is C22H25I2NO5. The van der Waals surface area contributed by atoms with Crippen LogP contribution >= 0.6 is 45.2 Å². The second-order valence-corrected chi connectivity index (χ2v) is 10.3. The zero-order valence-electron chi connectivity index (χ0n) is 17.0. The summed E-state index contributed by atoms with van der Waals surface area (Å²) in [6.07, 6.45) is 0.946. The first-order chi connectivity index (χ1) is 13.9. The van der Waals surface area contributed by atoms with Crippen molar-refractivity contribution in [3.8, 4) is 11.5 Å². The van der Waals surface area contributed by atoms with E-state index in [0.717, 1.165) is 14.7 Å². The molecule has 0 aromatic heterocycles. The highest BCUT2D eigenvalue weighted by atomic mass is 127. The molecule has 8 heteroatoms. The van der Waals surface area contributed by atoms with Gasteiger partial charge < -0.3 is 20.3 Å². The highest BCUT2D eigenvalue weighted by Gasteiger charge is 2.27. The van der Waals surface area contributed by atoms with Gasteiger partial charge in [0.25, 0.3) is 0 Å². The van der Waals surface area contributed by atoms with Gasteiger partial charge in [-0.2, -0.15) is 0 Å². The molecule has 0 fully saturated rings. The van der Waals surface area contributed by atoms with Crippen LogP contribution in [0.5, 0.6) is 11.5 Å². The average molecular weight is 637 g/mol. The van der Waals surface area contributed by atoms with Crippen LogP contribution in [0.3, 0.4) is 0 Å². The molecule has 0 spiro atoms. The van der Waals surface area contributed by atoms with Gasteiger partial charge in [0, 0.05) is 12.8 Å². The number of hydrogen-bond donors (Lipinski definition) is 3. The van der Waals surface area contributed by atoms with E-state index in [4.69, 9.17) is 4.74 Å². The molecule has 6 nitrogen and oxygen atoms in total. The molecule has 0 heterocycles. The largest absolute Gasteiger partial charge is 0.507 e. The van der Waals surface area contributed by atoms with Crippen molar-refractivity contribution in [2.45, 2.75) is 51.7 Å². The van der Waals surface area contributed by atoms with Crippen molar-refractivity contribution < 1.29 is 24.5 Å². The third kappa shape index (κ3) is 7.93. The number of benzene rings is 2. The van der Waals surface area contributed by atoms with Crippen LogP contribution in [0.4, 0.5) is 0 Å². The number of aromatic hydroxyl groups is 2. The monoisotopic (exact) mass is 637 g/mol. The number of carbonyl (C=O) groups is 2. The van der Waals surface area contributed by atoms with E-state index in [1.165, 1.54) is 0 Å². The first-order valence-electron chi connectivity index (χ1n) is 9.41. The van der Waals surface area contributed by atoms with Crippen molar-refractivity contribution in [1.29, 1.82) is 0 Å². The molecule has 162 valence electrons. The average Bonchev–Trinajstić information content (AvgIpc) is 2.63. The number of phenolic OH excluding ortho intramolecular Hbond substituents is 2. The van der Waals surface area contributed by atoms with Crippen molar-refractivity contribution in [3.05, 3.63) is 54.7 Å². The molecule has 0 saturated heterocycles. The molecule has 0 aliphatic carbocycles. The Morgan fingerprint density at radius 2 is 1.53 bits per heavy atom. The number of aryl methyl sites for hydroxylation is 1. The summed E-state index contributed by atoms with van der Waals surface area (Å²) in [7, 11) is 0. The van der Waals surface area contributed by atoms with Crippen LogP contribution in [0.1, 0.15) is 38.3 Å². The standard InChI is InChI=1S/C22H25I2NO5/c1-22(2,3)30-21(29)17(12-14-5-8-19(27)16(24)11-14)25-20(28)9-6-13-4-7-18(26)15(23)10-13/h4-5,7-8,10-11,17,26-27H,6,9,12H2,1-3H3,(H,25,28). The summed E-state index contributed by atoms with van der Waals surface area (Å²) in [4.78, 5) is 25.2. The van der Waals surface area contributed by atoms with Crippen molar-refractivity contribution in [2.75, 3.05) is 0 Å². The van der Waals surface area contributed by atoms with E-state index < -0.39 is 17.6 Å². The second-order valence-electron chi connectivity index (χ2n) is 7.93. The van der Waals surface area contributed by atoms with Gasteiger partial charge in [0.1, 0.15) is 23.1 Å². The Bertz CT molecular complexity index is 924. The molecule has 0 aliphatic heterocycles. The van der Waals surface area contributed by atoms with Crippen molar-refractivity contribution in [1.82, 2.24) is 5.32 Å². The summed E-state index contributed by atoms with van der Waals surface area (Å²) in [6.45, 7) is 5.33. The van der Waals surface area contributed by atoms with Gasteiger partial charge in [0.15, 0.2) is 0 Å². The molecular weight excluding hydrogens is 612 g/mol.